The molecule has 0 saturated heterocycles. The number of nitrogens with zero attached hydrogens (tertiary/aromatic N) is 2. The molecule has 0 saturated carbocycles. The number of anilines is 2. The highest BCUT2D eigenvalue weighted by atomic mass is 15.1. The molecule has 2 nitrogen and oxygen atoms in total. The lowest BCUT2D eigenvalue weighted by Crippen LogP contribution is -2.07. The Morgan fingerprint density at radius 2 is 1.03 bits per heavy atom. The van der Waals surface area contributed by atoms with Crippen molar-refractivity contribution in [2.75, 3.05) is 38.0 Å². The van der Waals surface area contributed by atoms with E-state index in [4.69, 9.17) is 0 Å². The third-order valence-corrected chi connectivity index (χ3v) is 6.14. The predicted octanol–water partition coefficient (Wildman–Crippen LogP) is 7.92. The van der Waals surface area contributed by atoms with Gasteiger partial charge < -0.3 is 9.80 Å². The molecular formula is C35H38N2. The zero-order valence-electron chi connectivity index (χ0n) is 23.5. The van der Waals surface area contributed by atoms with Gasteiger partial charge in [-0.2, -0.15) is 0 Å². The van der Waals surface area contributed by atoms with E-state index in [2.05, 4.69) is 126 Å². The Labute approximate surface area is 223 Å². The van der Waals surface area contributed by atoms with Crippen LogP contribution in [0.1, 0.15) is 61.4 Å². The number of rotatable bonds is 3. The van der Waals surface area contributed by atoms with E-state index in [0.717, 1.165) is 33.0 Å². The summed E-state index contributed by atoms with van der Waals surface area (Å²) in [6, 6.07) is 27.4. The summed E-state index contributed by atoms with van der Waals surface area (Å²) in [6.07, 6.45) is 0. The van der Waals surface area contributed by atoms with Crippen molar-refractivity contribution in [1.82, 2.24) is 0 Å². The lowest BCUT2D eigenvalue weighted by molar-refractivity contribution is 0.865. The van der Waals surface area contributed by atoms with Crippen molar-refractivity contribution in [3.05, 3.63) is 107 Å². The van der Waals surface area contributed by atoms with Crippen molar-refractivity contribution in [2.24, 2.45) is 0 Å². The molecule has 0 fully saturated rings. The van der Waals surface area contributed by atoms with Gasteiger partial charge in [0.1, 0.15) is 0 Å². The van der Waals surface area contributed by atoms with Crippen LogP contribution in [0.4, 0.5) is 11.4 Å². The van der Waals surface area contributed by atoms with Crippen molar-refractivity contribution in [3.63, 3.8) is 0 Å². The maximum Gasteiger partial charge on any atom is 0.0363 e. The van der Waals surface area contributed by atoms with Gasteiger partial charge in [0.2, 0.25) is 0 Å². The number of fused-ring (bicyclic) bond motifs is 1. The van der Waals surface area contributed by atoms with E-state index in [1.165, 1.54) is 16.9 Å². The second-order valence-corrected chi connectivity index (χ2v) is 9.47. The second-order valence-electron chi connectivity index (χ2n) is 9.47. The molecule has 2 heteroatoms. The van der Waals surface area contributed by atoms with Crippen molar-refractivity contribution in [3.8, 4) is 23.7 Å². The van der Waals surface area contributed by atoms with Crippen LogP contribution < -0.4 is 9.80 Å². The fourth-order valence-corrected chi connectivity index (χ4v) is 4.06. The summed E-state index contributed by atoms with van der Waals surface area (Å²) in [5.74, 6) is 14.1. The van der Waals surface area contributed by atoms with Crippen LogP contribution in [0.15, 0.2) is 78.9 Å². The minimum Gasteiger partial charge on any atom is -0.378 e. The first-order valence-electron chi connectivity index (χ1n) is 13.0. The van der Waals surface area contributed by atoms with Gasteiger partial charge in [0, 0.05) is 61.8 Å². The molecule has 0 bridgehead atoms. The first kappa shape index (κ1) is 27.4. The van der Waals surface area contributed by atoms with Crippen molar-refractivity contribution in [1.29, 1.82) is 0 Å². The smallest absolute Gasteiger partial charge is 0.0363 e. The average Bonchev–Trinajstić information content (AvgIpc) is 2.92. The van der Waals surface area contributed by atoms with E-state index in [1.807, 2.05) is 42.0 Å². The SMILES string of the molecule is CC.CC(C)c1cc(C#Cc2ccc(N(C)C)cc2)c2ccccc2c1C#Cc1ccc(N(C)C)cc1. The first-order valence-corrected chi connectivity index (χ1v) is 13.0. The number of hydrogen-bond donors (Lipinski definition) is 0. The zero-order valence-corrected chi connectivity index (χ0v) is 23.5. The van der Waals surface area contributed by atoms with Gasteiger partial charge in [-0.1, -0.05) is 75.6 Å². The summed E-state index contributed by atoms with van der Waals surface area (Å²) >= 11 is 0. The summed E-state index contributed by atoms with van der Waals surface area (Å²) in [5.41, 5.74) is 7.73. The Morgan fingerprint density at radius 3 is 1.49 bits per heavy atom. The molecule has 4 rings (SSSR count). The molecule has 0 aliphatic heterocycles. The van der Waals surface area contributed by atoms with Gasteiger partial charge >= 0.3 is 0 Å². The highest BCUT2D eigenvalue weighted by Crippen LogP contribution is 2.30. The monoisotopic (exact) mass is 486 g/mol. The minimum atomic E-state index is 0.333. The van der Waals surface area contributed by atoms with Crippen molar-refractivity contribution in [2.45, 2.75) is 33.6 Å². The van der Waals surface area contributed by atoms with E-state index in [9.17, 15) is 0 Å². The van der Waals surface area contributed by atoms with Crippen LogP contribution in [0.2, 0.25) is 0 Å². The predicted molar refractivity (Wildman–Crippen MR) is 163 cm³/mol. The fraction of sp³-hybridized carbons (Fsp3) is 0.257. The number of hydrogen-bond acceptors (Lipinski definition) is 2. The quantitative estimate of drug-likeness (QED) is 0.271. The van der Waals surface area contributed by atoms with E-state index in [-0.39, 0.29) is 0 Å². The van der Waals surface area contributed by atoms with E-state index < -0.39 is 0 Å². The molecule has 37 heavy (non-hydrogen) atoms. The van der Waals surface area contributed by atoms with E-state index >= 15 is 0 Å². The highest BCUT2D eigenvalue weighted by molar-refractivity contribution is 5.94. The Hall–Kier alpha value is -4.14. The highest BCUT2D eigenvalue weighted by Gasteiger charge is 2.12. The molecule has 0 unspecified atom stereocenters. The fourth-order valence-electron chi connectivity index (χ4n) is 4.06. The normalized spacial score (nSPS) is 9.97. The molecule has 0 spiro atoms. The summed E-state index contributed by atoms with van der Waals surface area (Å²) in [6.45, 7) is 8.44. The third-order valence-electron chi connectivity index (χ3n) is 6.14. The Kier molecular flexibility index (Phi) is 9.43. The van der Waals surface area contributed by atoms with Gasteiger partial charge in [-0.15, -0.1) is 0 Å². The van der Waals surface area contributed by atoms with E-state index in [1.54, 1.807) is 0 Å². The van der Waals surface area contributed by atoms with Gasteiger partial charge in [0.15, 0.2) is 0 Å². The van der Waals surface area contributed by atoms with Gasteiger partial charge in [-0.3, -0.25) is 0 Å². The largest absolute Gasteiger partial charge is 0.378 e. The molecule has 4 aromatic rings. The molecule has 0 heterocycles. The molecule has 0 aliphatic rings. The summed E-state index contributed by atoms with van der Waals surface area (Å²) in [5, 5.41) is 2.30. The average molecular weight is 487 g/mol. The van der Waals surface area contributed by atoms with Gasteiger partial charge in [-0.25, -0.2) is 0 Å². The molecule has 0 N–H and O–H groups in total. The van der Waals surface area contributed by atoms with Crippen LogP contribution >= 0.6 is 0 Å². The molecule has 0 aliphatic carbocycles. The number of benzene rings is 4. The lowest BCUT2D eigenvalue weighted by atomic mass is 9.89. The maximum absolute atomic E-state index is 3.50. The summed E-state index contributed by atoms with van der Waals surface area (Å²) in [4.78, 5) is 4.19. The van der Waals surface area contributed by atoms with Gasteiger partial charge in [0.05, 0.1) is 0 Å². The first-order chi connectivity index (χ1) is 17.8. The van der Waals surface area contributed by atoms with Crippen LogP contribution in [0.3, 0.4) is 0 Å². The summed E-state index contributed by atoms with van der Waals surface area (Å²) < 4.78 is 0. The van der Waals surface area contributed by atoms with Crippen LogP contribution in [0, 0.1) is 23.7 Å². The van der Waals surface area contributed by atoms with E-state index in [0.29, 0.717) is 5.92 Å². The van der Waals surface area contributed by atoms with Crippen LogP contribution in [0.5, 0.6) is 0 Å². The lowest BCUT2D eigenvalue weighted by Gasteiger charge is -2.14. The summed E-state index contributed by atoms with van der Waals surface area (Å²) in [7, 11) is 8.18. The minimum absolute atomic E-state index is 0.333. The molecule has 0 aromatic heterocycles. The molecule has 0 radical (unpaired) electrons. The Bertz CT molecular complexity index is 1450. The Balaban J connectivity index is 0.00000186. The molecule has 0 amide bonds. The molecule has 0 atom stereocenters. The zero-order chi connectivity index (χ0) is 26.9. The van der Waals surface area contributed by atoms with Crippen LogP contribution in [-0.4, -0.2) is 28.2 Å². The topological polar surface area (TPSA) is 6.48 Å². The second kappa shape index (κ2) is 12.7. The molecule has 4 aromatic carbocycles. The standard InChI is InChI=1S/C33H32N2.C2H6/c1-24(2)33-23-27(17-11-25-12-18-28(19-13-25)34(3)4)30-9-7-8-10-31(30)32(33)22-16-26-14-20-29(21-15-26)35(5)6;1-2/h7-10,12-15,18-21,23-24H,1-6H3;1-2H3. The van der Waals surface area contributed by atoms with Crippen molar-refractivity contribution >= 4 is 22.1 Å². The van der Waals surface area contributed by atoms with Crippen LogP contribution in [-0.2, 0) is 0 Å². The third kappa shape index (κ3) is 6.75. The molecule has 188 valence electrons. The molecular weight excluding hydrogens is 448 g/mol. The van der Waals surface area contributed by atoms with Gasteiger partial charge in [-0.05, 0) is 76.9 Å². The maximum atomic E-state index is 3.50. The van der Waals surface area contributed by atoms with Gasteiger partial charge in [0.25, 0.3) is 0 Å². The van der Waals surface area contributed by atoms with Crippen LogP contribution in [0.25, 0.3) is 10.8 Å². The Morgan fingerprint density at radius 1 is 0.568 bits per heavy atom. The van der Waals surface area contributed by atoms with Crippen molar-refractivity contribution < 1.29 is 0 Å².